The van der Waals surface area contributed by atoms with Crippen LogP contribution in [-0.2, 0) is 9.59 Å². The predicted octanol–water partition coefficient (Wildman–Crippen LogP) is 2.31. The van der Waals surface area contributed by atoms with Crippen LogP contribution in [0.4, 0.5) is 5.69 Å². The number of benzene rings is 2. The maximum absolute atomic E-state index is 11.9. The standard InChI is InChI=1S/C19H19N3O3/c1-13-4-3-5-17(14(13)2)22-18(23)11-21-19(24)12-25-16-8-6-15(10-20)7-9-16/h3-9H,11-12H2,1-2H3,(H,21,24)(H,22,23). The molecule has 6 nitrogen and oxygen atoms in total. The second kappa shape index (κ2) is 8.50. The summed E-state index contributed by atoms with van der Waals surface area (Å²) in [6, 6.07) is 14.1. The third-order valence-electron chi connectivity index (χ3n) is 3.68. The number of nitrogens with zero attached hydrogens (tertiary/aromatic N) is 1. The maximum atomic E-state index is 11.9. The molecular formula is C19H19N3O3. The van der Waals surface area contributed by atoms with Gasteiger partial charge in [-0.3, -0.25) is 9.59 Å². The van der Waals surface area contributed by atoms with E-state index in [9.17, 15) is 9.59 Å². The van der Waals surface area contributed by atoms with E-state index in [0.717, 1.165) is 16.8 Å². The molecule has 128 valence electrons. The molecule has 2 aromatic carbocycles. The van der Waals surface area contributed by atoms with Gasteiger partial charge in [0.25, 0.3) is 5.91 Å². The molecule has 0 atom stereocenters. The summed E-state index contributed by atoms with van der Waals surface area (Å²) >= 11 is 0. The van der Waals surface area contributed by atoms with Gasteiger partial charge in [0, 0.05) is 5.69 Å². The molecule has 2 aromatic rings. The smallest absolute Gasteiger partial charge is 0.258 e. The number of nitrogens with one attached hydrogen (secondary N) is 2. The van der Waals surface area contributed by atoms with Crippen LogP contribution in [-0.4, -0.2) is 25.0 Å². The number of carbonyl (C=O) groups excluding carboxylic acids is 2. The second-order valence-electron chi connectivity index (χ2n) is 5.50. The Bertz CT molecular complexity index is 808. The van der Waals surface area contributed by atoms with Crippen LogP contribution in [0.25, 0.3) is 0 Å². The molecule has 0 saturated carbocycles. The quantitative estimate of drug-likeness (QED) is 0.846. The Morgan fingerprint density at radius 3 is 2.48 bits per heavy atom. The molecule has 0 aliphatic heterocycles. The van der Waals surface area contributed by atoms with Gasteiger partial charge in [-0.2, -0.15) is 5.26 Å². The van der Waals surface area contributed by atoms with Gasteiger partial charge < -0.3 is 15.4 Å². The molecule has 0 aromatic heterocycles. The zero-order chi connectivity index (χ0) is 18.2. The van der Waals surface area contributed by atoms with Crippen LogP contribution in [0.15, 0.2) is 42.5 Å². The Hall–Kier alpha value is -3.33. The second-order valence-corrected chi connectivity index (χ2v) is 5.50. The molecule has 2 amide bonds. The van der Waals surface area contributed by atoms with Crippen LogP contribution in [0.3, 0.4) is 0 Å². The average Bonchev–Trinajstić information content (AvgIpc) is 2.62. The Balaban J connectivity index is 1.76. The lowest BCUT2D eigenvalue weighted by Gasteiger charge is -2.11. The van der Waals surface area contributed by atoms with Crippen molar-refractivity contribution in [3.8, 4) is 11.8 Å². The number of nitriles is 1. The number of ether oxygens (including phenoxy) is 1. The molecule has 0 heterocycles. The molecule has 6 heteroatoms. The highest BCUT2D eigenvalue weighted by Crippen LogP contribution is 2.17. The van der Waals surface area contributed by atoms with Crippen molar-refractivity contribution in [3.63, 3.8) is 0 Å². The number of carbonyl (C=O) groups is 2. The number of anilines is 1. The molecule has 0 fully saturated rings. The van der Waals surface area contributed by atoms with E-state index >= 15 is 0 Å². The summed E-state index contributed by atoms with van der Waals surface area (Å²) in [5.41, 5.74) is 3.32. The molecule has 0 spiro atoms. The third kappa shape index (κ3) is 5.36. The molecule has 0 saturated heterocycles. The average molecular weight is 337 g/mol. The molecule has 0 unspecified atom stereocenters. The van der Waals surface area contributed by atoms with Crippen molar-refractivity contribution in [2.75, 3.05) is 18.5 Å². The normalized spacial score (nSPS) is 9.80. The summed E-state index contributed by atoms with van der Waals surface area (Å²) in [5, 5.41) is 14.0. The van der Waals surface area contributed by atoms with Crippen LogP contribution >= 0.6 is 0 Å². The number of hydrogen-bond acceptors (Lipinski definition) is 4. The van der Waals surface area contributed by atoms with E-state index in [-0.39, 0.29) is 19.1 Å². The van der Waals surface area contributed by atoms with E-state index < -0.39 is 5.91 Å². The van der Waals surface area contributed by atoms with E-state index in [2.05, 4.69) is 10.6 Å². The fourth-order valence-corrected chi connectivity index (χ4v) is 2.09. The molecule has 25 heavy (non-hydrogen) atoms. The maximum Gasteiger partial charge on any atom is 0.258 e. The zero-order valence-electron chi connectivity index (χ0n) is 14.1. The summed E-state index contributed by atoms with van der Waals surface area (Å²) in [4.78, 5) is 23.7. The lowest BCUT2D eigenvalue weighted by Crippen LogP contribution is -2.35. The van der Waals surface area contributed by atoms with Crippen molar-refractivity contribution < 1.29 is 14.3 Å². The first-order chi connectivity index (χ1) is 12.0. The Labute approximate surface area is 146 Å². The molecule has 2 rings (SSSR count). The van der Waals surface area contributed by atoms with Crippen LogP contribution in [0.2, 0.25) is 0 Å². The largest absolute Gasteiger partial charge is 0.484 e. The van der Waals surface area contributed by atoms with Crippen molar-refractivity contribution in [2.24, 2.45) is 0 Å². The van der Waals surface area contributed by atoms with Gasteiger partial charge >= 0.3 is 0 Å². The topological polar surface area (TPSA) is 91.2 Å². The van der Waals surface area contributed by atoms with Crippen LogP contribution in [0.5, 0.6) is 5.75 Å². The van der Waals surface area contributed by atoms with Gasteiger partial charge in [0.1, 0.15) is 5.75 Å². The minimum atomic E-state index is -0.402. The van der Waals surface area contributed by atoms with Gasteiger partial charge in [-0.1, -0.05) is 12.1 Å². The first-order valence-corrected chi connectivity index (χ1v) is 7.75. The van der Waals surface area contributed by atoms with Gasteiger partial charge in [-0.05, 0) is 55.3 Å². The first kappa shape index (κ1) is 18.0. The zero-order valence-corrected chi connectivity index (χ0v) is 14.1. The Morgan fingerprint density at radius 2 is 1.80 bits per heavy atom. The van der Waals surface area contributed by atoms with Crippen LogP contribution in [0, 0.1) is 25.2 Å². The lowest BCUT2D eigenvalue weighted by molar-refractivity contribution is -0.125. The molecular weight excluding hydrogens is 318 g/mol. The molecule has 0 aliphatic rings. The first-order valence-electron chi connectivity index (χ1n) is 7.75. The highest BCUT2D eigenvalue weighted by atomic mass is 16.5. The summed E-state index contributed by atoms with van der Waals surface area (Å²) in [6.45, 7) is 3.55. The van der Waals surface area contributed by atoms with Crippen LogP contribution in [0.1, 0.15) is 16.7 Å². The Kier molecular flexibility index (Phi) is 6.13. The predicted molar refractivity (Wildman–Crippen MR) is 94.2 cm³/mol. The fraction of sp³-hybridized carbons (Fsp3) is 0.211. The van der Waals surface area contributed by atoms with E-state index in [1.54, 1.807) is 24.3 Å². The molecule has 0 aliphatic carbocycles. The van der Waals surface area contributed by atoms with Gasteiger partial charge in [-0.15, -0.1) is 0 Å². The number of hydrogen-bond donors (Lipinski definition) is 2. The van der Waals surface area contributed by atoms with E-state index in [4.69, 9.17) is 10.00 Å². The Morgan fingerprint density at radius 1 is 1.08 bits per heavy atom. The summed E-state index contributed by atoms with van der Waals surface area (Å²) in [6.07, 6.45) is 0. The summed E-state index contributed by atoms with van der Waals surface area (Å²) < 4.78 is 5.30. The molecule has 2 N–H and O–H groups in total. The lowest BCUT2D eigenvalue weighted by atomic mass is 10.1. The van der Waals surface area contributed by atoms with Gasteiger partial charge in [-0.25, -0.2) is 0 Å². The van der Waals surface area contributed by atoms with Crippen molar-refractivity contribution in [3.05, 3.63) is 59.2 Å². The molecule has 0 radical (unpaired) electrons. The van der Waals surface area contributed by atoms with Gasteiger partial charge in [0.2, 0.25) is 5.91 Å². The van der Waals surface area contributed by atoms with E-state index in [1.165, 1.54) is 0 Å². The van der Waals surface area contributed by atoms with Crippen molar-refractivity contribution >= 4 is 17.5 Å². The highest BCUT2D eigenvalue weighted by molar-refractivity contribution is 5.95. The van der Waals surface area contributed by atoms with Crippen molar-refractivity contribution in [1.82, 2.24) is 5.32 Å². The third-order valence-corrected chi connectivity index (χ3v) is 3.68. The number of aryl methyl sites for hydroxylation is 1. The van der Waals surface area contributed by atoms with Crippen LogP contribution < -0.4 is 15.4 Å². The summed E-state index contributed by atoms with van der Waals surface area (Å²) in [5.74, 6) is -0.227. The number of amides is 2. The highest BCUT2D eigenvalue weighted by Gasteiger charge is 2.08. The fourth-order valence-electron chi connectivity index (χ4n) is 2.09. The van der Waals surface area contributed by atoms with Gasteiger partial charge in [0.15, 0.2) is 6.61 Å². The molecule has 0 bridgehead atoms. The number of rotatable bonds is 6. The van der Waals surface area contributed by atoms with Crippen molar-refractivity contribution in [2.45, 2.75) is 13.8 Å². The SMILES string of the molecule is Cc1cccc(NC(=O)CNC(=O)COc2ccc(C#N)cc2)c1C. The van der Waals surface area contributed by atoms with E-state index in [1.807, 2.05) is 38.1 Å². The summed E-state index contributed by atoms with van der Waals surface area (Å²) in [7, 11) is 0. The minimum Gasteiger partial charge on any atom is -0.484 e. The van der Waals surface area contributed by atoms with Crippen molar-refractivity contribution in [1.29, 1.82) is 5.26 Å². The monoisotopic (exact) mass is 337 g/mol. The van der Waals surface area contributed by atoms with E-state index in [0.29, 0.717) is 11.3 Å². The minimum absolute atomic E-state index is 0.136. The van der Waals surface area contributed by atoms with Gasteiger partial charge in [0.05, 0.1) is 18.2 Å².